The first-order valence-electron chi connectivity index (χ1n) is 9.31. The number of halogens is 1. The van der Waals surface area contributed by atoms with Gasteiger partial charge in [-0.05, 0) is 28.8 Å². The third-order valence-corrected chi connectivity index (χ3v) is 5.21. The zero-order valence-corrected chi connectivity index (χ0v) is 17.6. The van der Waals surface area contributed by atoms with Gasteiger partial charge in [0.05, 0.1) is 13.0 Å². The van der Waals surface area contributed by atoms with Gasteiger partial charge in [-0.2, -0.15) is 0 Å². The van der Waals surface area contributed by atoms with E-state index in [4.69, 9.17) is 4.74 Å². The molecule has 1 amide bonds. The van der Waals surface area contributed by atoms with Crippen LogP contribution in [-0.4, -0.2) is 25.0 Å². The van der Waals surface area contributed by atoms with Crippen molar-refractivity contribution in [3.63, 3.8) is 0 Å². The Bertz CT molecular complexity index is 903. The van der Waals surface area contributed by atoms with Crippen LogP contribution >= 0.6 is 15.9 Å². The first-order valence-corrected chi connectivity index (χ1v) is 10.1. The van der Waals surface area contributed by atoms with Crippen LogP contribution in [0.5, 0.6) is 0 Å². The van der Waals surface area contributed by atoms with E-state index in [1.807, 2.05) is 84.9 Å². The quantitative estimate of drug-likeness (QED) is 0.538. The van der Waals surface area contributed by atoms with Crippen LogP contribution in [0.25, 0.3) is 0 Å². The average molecular weight is 452 g/mol. The topological polar surface area (TPSA) is 55.4 Å². The minimum atomic E-state index is -0.774. The second-order valence-corrected chi connectivity index (χ2v) is 7.58. The van der Waals surface area contributed by atoms with Crippen LogP contribution in [0.3, 0.4) is 0 Å². The molecule has 0 bridgehead atoms. The van der Waals surface area contributed by atoms with E-state index < -0.39 is 17.9 Å². The molecule has 0 aliphatic rings. The van der Waals surface area contributed by atoms with Gasteiger partial charge in [0.2, 0.25) is 5.91 Å². The van der Waals surface area contributed by atoms with Crippen LogP contribution in [0.4, 0.5) is 0 Å². The molecule has 4 nitrogen and oxygen atoms in total. The minimum absolute atomic E-state index is 0.241. The Morgan fingerprint density at radius 3 is 1.86 bits per heavy atom. The molecule has 3 aromatic carbocycles. The smallest absolute Gasteiger partial charge is 0.328 e. The Balaban J connectivity index is 1.87. The zero-order valence-electron chi connectivity index (χ0n) is 16.0. The molecule has 5 heteroatoms. The van der Waals surface area contributed by atoms with Crippen molar-refractivity contribution in [1.82, 2.24) is 5.32 Å². The van der Waals surface area contributed by atoms with Gasteiger partial charge in [-0.15, -0.1) is 0 Å². The number of benzene rings is 3. The summed E-state index contributed by atoms with van der Waals surface area (Å²) in [4.78, 5) is 25.7. The van der Waals surface area contributed by atoms with E-state index in [9.17, 15) is 9.59 Å². The summed E-state index contributed by atoms with van der Waals surface area (Å²) >= 11 is 3.40. The molecule has 0 saturated carbocycles. The van der Waals surface area contributed by atoms with Crippen LogP contribution in [0, 0.1) is 0 Å². The van der Waals surface area contributed by atoms with Gasteiger partial charge in [-0.25, -0.2) is 4.79 Å². The molecule has 0 aromatic heterocycles. The Kier molecular flexibility index (Phi) is 7.19. The van der Waals surface area contributed by atoms with Crippen molar-refractivity contribution in [2.45, 2.75) is 18.4 Å². The number of carbonyl (C=O) groups excluding carboxylic acids is 2. The molecule has 3 rings (SSSR count). The maximum Gasteiger partial charge on any atom is 0.328 e. The summed E-state index contributed by atoms with van der Waals surface area (Å²) in [6.07, 6.45) is 0.349. The van der Waals surface area contributed by atoms with Crippen LogP contribution in [0.1, 0.15) is 22.6 Å². The molecule has 0 radical (unpaired) electrons. The largest absolute Gasteiger partial charge is 0.467 e. The third kappa shape index (κ3) is 5.55. The summed E-state index contributed by atoms with van der Waals surface area (Å²) in [5.41, 5.74) is 2.66. The number of carbonyl (C=O) groups is 2. The maximum atomic E-state index is 13.3. The lowest BCUT2D eigenvalue weighted by molar-refractivity contribution is -0.145. The second kappa shape index (κ2) is 10.0. The lowest BCUT2D eigenvalue weighted by atomic mass is 9.90. The number of amides is 1. The van der Waals surface area contributed by atoms with E-state index >= 15 is 0 Å². The van der Waals surface area contributed by atoms with Gasteiger partial charge < -0.3 is 10.1 Å². The maximum absolute atomic E-state index is 13.3. The predicted molar refractivity (Wildman–Crippen MR) is 117 cm³/mol. The van der Waals surface area contributed by atoms with E-state index in [2.05, 4.69) is 21.2 Å². The highest BCUT2D eigenvalue weighted by molar-refractivity contribution is 9.10. The fraction of sp³-hybridized carbons (Fsp3) is 0.167. The molecule has 0 unspecified atom stereocenters. The highest BCUT2D eigenvalue weighted by Crippen LogP contribution is 2.25. The first-order chi connectivity index (χ1) is 14.1. The number of nitrogens with one attached hydrogen (secondary N) is 1. The lowest BCUT2D eigenvalue weighted by Crippen LogP contribution is -2.45. The van der Waals surface area contributed by atoms with Crippen molar-refractivity contribution in [1.29, 1.82) is 0 Å². The highest BCUT2D eigenvalue weighted by atomic mass is 79.9. The Labute approximate surface area is 179 Å². The summed E-state index contributed by atoms with van der Waals surface area (Å²) in [6.45, 7) is 0. The molecule has 1 atom stereocenters. The summed E-state index contributed by atoms with van der Waals surface area (Å²) in [7, 11) is 1.33. The Hall–Kier alpha value is -2.92. The molecular weight excluding hydrogens is 430 g/mol. The normalized spacial score (nSPS) is 11.7. The SMILES string of the molecule is COC(=O)[C@H](Cc1ccc(Br)cc1)NC(=O)C(c1ccccc1)c1ccccc1. The number of hydrogen-bond acceptors (Lipinski definition) is 3. The van der Waals surface area contributed by atoms with Crippen molar-refractivity contribution < 1.29 is 14.3 Å². The van der Waals surface area contributed by atoms with Crippen molar-refractivity contribution in [3.8, 4) is 0 Å². The molecule has 148 valence electrons. The molecule has 0 aliphatic heterocycles. The van der Waals surface area contributed by atoms with E-state index in [0.29, 0.717) is 6.42 Å². The van der Waals surface area contributed by atoms with Crippen LogP contribution in [0.15, 0.2) is 89.4 Å². The van der Waals surface area contributed by atoms with Crippen molar-refractivity contribution >= 4 is 27.8 Å². The van der Waals surface area contributed by atoms with Crippen LogP contribution in [-0.2, 0) is 20.7 Å². The van der Waals surface area contributed by atoms with Gasteiger partial charge in [0.25, 0.3) is 0 Å². The highest BCUT2D eigenvalue weighted by Gasteiger charge is 2.28. The van der Waals surface area contributed by atoms with E-state index in [0.717, 1.165) is 21.2 Å². The molecule has 1 N–H and O–H groups in total. The number of methoxy groups -OCH3 is 1. The van der Waals surface area contributed by atoms with Crippen LogP contribution < -0.4 is 5.32 Å². The van der Waals surface area contributed by atoms with Crippen molar-refractivity contribution in [2.75, 3.05) is 7.11 Å². The summed E-state index contributed by atoms with van der Waals surface area (Å²) in [6, 6.07) is 26.0. The van der Waals surface area contributed by atoms with Gasteiger partial charge >= 0.3 is 5.97 Å². The molecule has 0 aliphatic carbocycles. The molecule has 0 spiro atoms. The standard InChI is InChI=1S/C24H22BrNO3/c1-29-24(28)21(16-17-12-14-20(25)15-13-17)26-23(27)22(18-8-4-2-5-9-18)19-10-6-3-7-11-19/h2-15,21-22H,16H2,1H3,(H,26,27)/t21-/m0/s1. The Morgan fingerprint density at radius 2 is 1.38 bits per heavy atom. The predicted octanol–water partition coefficient (Wildman–Crippen LogP) is 4.48. The van der Waals surface area contributed by atoms with E-state index in [1.54, 1.807) is 0 Å². The van der Waals surface area contributed by atoms with E-state index in [1.165, 1.54) is 7.11 Å². The number of ether oxygens (including phenoxy) is 1. The summed E-state index contributed by atoms with van der Waals surface area (Å²) < 4.78 is 5.89. The van der Waals surface area contributed by atoms with Gasteiger partial charge in [-0.1, -0.05) is 88.7 Å². The van der Waals surface area contributed by atoms with Crippen LogP contribution in [0.2, 0.25) is 0 Å². The van der Waals surface area contributed by atoms with E-state index in [-0.39, 0.29) is 5.91 Å². The fourth-order valence-electron chi connectivity index (χ4n) is 3.23. The number of esters is 1. The Morgan fingerprint density at radius 1 is 0.862 bits per heavy atom. The molecule has 3 aromatic rings. The zero-order chi connectivity index (χ0) is 20.6. The van der Waals surface area contributed by atoms with Gasteiger partial charge in [0, 0.05) is 10.9 Å². The molecule has 0 saturated heterocycles. The van der Waals surface area contributed by atoms with Crippen molar-refractivity contribution in [3.05, 3.63) is 106 Å². The molecular formula is C24H22BrNO3. The summed E-state index contributed by atoms with van der Waals surface area (Å²) in [5, 5.41) is 2.90. The van der Waals surface area contributed by atoms with Crippen molar-refractivity contribution in [2.24, 2.45) is 0 Å². The second-order valence-electron chi connectivity index (χ2n) is 6.67. The first kappa shape index (κ1) is 20.8. The fourth-order valence-corrected chi connectivity index (χ4v) is 3.50. The molecule has 0 fully saturated rings. The molecule has 29 heavy (non-hydrogen) atoms. The third-order valence-electron chi connectivity index (χ3n) is 4.68. The van der Waals surface area contributed by atoms with Gasteiger partial charge in [0.1, 0.15) is 6.04 Å². The molecule has 0 heterocycles. The lowest BCUT2D eigenvalue weighted by Gasteiger charge is -2.22. The minimum Gasteiger partial charge on any atom is -0.467 e. The number of rotatable bonds is 7. The average Bonchev–Trinajstić information content (AvgIpc) is 2.76. The van der Waals surface area contributed by atoms with Gasteiger partial charge in [0.15, 0.2) is 0 Å². The monoisotopic (exact) mass is 451 g/mol. The number of hydrogen-bond donors (Lipinski definition) is 1. The van der Waals surface area contributed by atoms with Gasteiger partial charge in [-0.3, -0.25) is 4.79 Å². The summed E-state index contributed by atoms with van der Waals surface area (Å²) in [5.74, 6) is -1.23.